The van der Waals surface area contributed by atoms with Crippen LogP contribution >= 0.6 is 0 Å². The van der Waals surface area contributed by atoms with Gasteiger partial charge in [0.05, 0.1) is 13.2 Å². The van der Waals surface area contributed by atoms with E-state index in [4.69, 9.17) is 9.15 Å². The first-order valence-corrected chi connectivity index (χ1v) is 8.89. The van der Waals surface area contributed by atoms with Gasteiger partial charge in [-0.05, 0) is 37.5 Å². The van der Waals surface area contributed by atoms with E-state index in [-0.39, 0.29) is 10.5 Å². The van der Waals surface area contributed by atoms with Crippen LogP contribution in [0.4, 0.5) is 0 Å². The molecule has 1 aliphatic heterocycles. The smallest absolute Gasteiger partial charge is 0.336 e. The van der Waals surface area contributed by atoms with E-state index in [9.17, 15) is 13.2 Å². The minimum absolute atomic E-state index is 0.0841. The average Bonchev–Trinajstić information content (AvgIpc) is 2.46. The third-order valence-corrected chi connectivity index (χ3v) is 6.19. The molecule has 0 unspecified atom stereocenters. The molecule has 0 atom stereocenters. The number of morpholine rings is 1. The van der Waals surface area contributed by atoms with Crippen LogP contribution in [-0.4, -0.2) is 39.0 Å². The fourth-order valence-electron chi connectivity index (χ4n) is 3.14. The lowest BCUT2D eigenvalue weighted by molar-refractivity contribution is 0.0730. The maximum absolute atomic E-state index is 13.1. The van der Waals surface area contributed by atoms with Crippen LogP contribution in [0.5, 0.6) is 0 Å². The molecular weight excluding hydrogens is 318 g/mol. The van der Waals surface area contributed by atoms with Gasteiger partial charge in [0.2, 0.25) is 10.0 Å². The minimum Gasteiger partial charge on any atom is -0.421 e. The van der Waals surface area contributed by atoms with E-state index in [0.717, 1.165) is 5.56 Å². The highest BCUT2D eigenvalue weighted by molar-refractivity contribution is 7.89. The van der Waals surface area contributed by atoms with Crippen LogP contribution in [-0.2, 0) is 14.8 Å². The molecule has 1 fully saturated rings. The zero-order valence-electron chi connectivity index (χ0n) is 13.4. The molecule has 0 saturated carbocycles. The average molecular weight is 337 g/mol. The van der Waals surface area contributed by atoms with Gasteiger partial charge in [-0.1, -0.05) is 6.07 Å². The predicted molar refractivity (Wildman–Crippen MR) is 86.3 cm³/mol. The summed E-state index contributed by atoms with van der Waals surface area (Å²) in [6, 6.07) is 3.21. The Morgan fingerprint density at radius 3 is 2.26 bits per heavy atom. The van der Waals surface area contributed by atoms with Crippen LogP contribution in [0.2, 0.25) is 0 Å². The van der Waals surface area contributed by atoms with E-state index >= 15 is 0 Å². The summed E-state index contributed by atoms with van der Waals surface area (Å²) in [5.74, 6) is 0. The first-order valence-electron chi connectivity index (χ1n) is 7.45. The van der Waals surface area contributed by atoms with E-state index in [1.54, 1.807) is 13.8 Å². The van der Waals surface area contributed by atoms with Crippen molar-refractivity contribution in [3.8, 4) is 0 Å². The van der Waals surface area contributed by atoms with E-state index < -0.39 is 15.6 Å². The van der Waals surface area contributed by atoms with Gasteiger partial charge in [0.15, 0.2) is 5.58 Å². The first-order chi connectivity index (χ1) is 10.8. The van der Waals surface area contributed by atoms with Crippen LogP contribution in [0.3, 0.4) is 0 Å². The molecule has 0 bridgehead atoms. The number of hydrogen-bond acceptors (Lipinski definition) is 5. The highest BCUT2D eigenvalue weighted by atomic mass is 32.2. The van der Waals surface area contributed by atoms with Gasteiger partial charge in [0.25, 0.3) is 0 Å². The van der Waals surface area contributed by atoms with E-state index in [1.807, 2.05) is 13.0 Å². The van der Waals surface area contributed by atoms with Gasteiger partial charge in [-0.15, -0.1) is 0 Å². The van der Waals surface area contributed by atoms with Gasteiger partial charge in [-0.2, -0.15) is 4.31 Å². The first kappa shape index (κ1) is 16.2. The molecular formula is C16H19NO5S. The van der Waals surface area contributed by atoms with E-state index in [2.05, 4.69) is 0 Å². The normalized spacial score (nSPS) is 16.8. The van der Waals surface area contributed by atoms with Gasteiger partial charge in [-0.3, -0.25) is 0 Å². The van der Waals surface area contributed by atoms with Gasteiger partial charge < -0.3 is 9.15 Å². The largest absolute Gasteiger partial charge is 0.421 e. The molecule has 124 valence electrons. The topological polar surface area (TPSA) is 76.8 Å². The molecule has 1 aromatic carbocycles. The Labute approximate surface area is 134 Å². The third-order valence-electron chi connectivity index (χ3n) is 4.12. The van der Waals surface area contributed by atoms with Crippen molar-refractivity contribution in [2.75, 3.05) is 26.3 Å². The summed E-state index contributed by atoms with van der Waals surface area (Å²) in [6.45, 7) is 6.72. The molecule has 23 heavy (non-hydrogen) atoms. The Bertz CT molecular complexity index is 924. The lowest BCUT2D eigenvalue weighted by Gasteiger charge is -2.27. The molecule has 0 amide bonds. The lowest BCUT2D eigenvalue weighted by Crippen LogP contribution is -2.41. The van der Waals surface area contributed by atoms with Crippen molar-refractivity contribution in [1.29, 1.82) is 0 Å². The molecule has 2 aromatic rings. The fourth-order valence-corrected chi connectivity index (χ4v) is 4.87. The van der Waals surface area contributed by atoms with Crippen LogP contribution in [0.1, 0.15) is 16.7 Å². The molecule has 6 nitrogen and oxygen atoms in total. The highest BCUT2D eigenvalue weighted by Crippen LogP contribution is 2.32. The quantitative estimate of drug-likeness (QED) is 0.780. The monoisotopic (exact) mass is 337 g/mol. The Balaban J connectivity index is 2.35. The SMILES string of the molecule is Cc1cc(C)c2c(C)cc(=O)oc2c1S(=O)(=O)N1CCOCC1. The number of ether oxygens (including phenoxy) is 1. The lowest BCUT2D eigenvalue weighted by atomic mass is 10.0. The van der Waals surface area contributed by atoms with Gasteiger partial charge in [0, 0.05) is 24.5 Å². The van der Waals surface area contributed by atoms with Crippen molar-refractivity contribution in [3.05, 3.63) is 39.2 Å². The Kier molecular flexibility index (Phi) is 4.03. The second-order valence-corrected chi connectivity index (χ2v) is 7.68. The predicted octanol–water partition coefficient (Wildman–Crippen LogP) is 1.74. The minimum atomic E-state index is -3.75. The van der Waals surface area contributed by atoms with E-state index in [0.29, 0.717) is 42.8 Å². The van der Waals surface area contributed by atoms with Crippen molar-refractivity contribution in [1.82, 2.24) is 4.31 Å². The summed E-state index contributed by atoms with van der Waals surface area (Å²) in [5.41, 5.74) is 1.79. The number of fused-ring (bicyclic) bond motifs is 1. The molecule has 1 aliphatic rings. The van der Waals surface area contributed by atoms with Crippen LogP contribution in [0, 0.1) is 20.8 Å². The summed E-state index contributed by atoms with van der Waals surface area (Å²) in [7, 11) is -3.75. The van der Waals surface area contributed by atoms with Crippen LogP contribution in [0.15, 0.2) is 26.2 Å². The Morgan fingerprint density at radius 2 is 1.61 bits per heavy atom. The van der Waals surface area contributed by atoms with Crippen LogP contribution in [0.25, 0.3) is 11.0 Å². The third kappa shape index (κ3) is 2.69. The summed E-state index contributed by atoms with van der Waals surface area (Å²) in [5, 5.41) is 0.682. The molecule has 7 heteroatoms. The Hall–Kier alpha value is -1.70. The maximum atomic E-state index is 13.1. The Morgan fingerprint density at radius 1 is 1.00 bits per heavy atom. The van der Waals surface area contributed by atoms with Crippen molar-refractivity contribution < 1.29 is 17.6 Å². The number of hydrogen-bond donors (Lipinski definition) is 0. The molecule has 0 spiro atoms. The second kappa shape index (κ2) is 5.74. The highest BCUT2D eigenvalue weighted by Gasteiger charge is 2.31. The zero-order chi connectivity index (χ0) is 16.8. The molecule has 0 aliphatic carbocycles. The van der Waals surface area contributed by atoms with Gasteiger partial charge in [0.1, 0.15) is 4.90 Å². The molecule has 0 N–H and O–H groups in total. The van der Waals surface area contributed by atoms with Crippen molar-refractivity contribution >= 4 is 21.0 Å². The molecule has 0 radical (unpaired) electrons. The second-order valence-electron chi connectivity index (χ2n) is 5.81. The zero-order valence-corrected chi connectivity index (χ0v) is 14.2. The van der Waals surface area contributed by atoms with Gasteiger partial charge >= 0.3 is 5.63 Å². The standard InChI is InChI=1S/C16H19NO5S/c1-10-8-12(3)16(15-14(10)11(2)9-13(18)22-15)23(19,20)17-4-6-21-7-5-17/h8-9H,4-7H2,1-3H3. The summed E-state index contributed by atoms with van der Waals surface area (Å²) in [4.78, 5) is 11.9. The number of aryl methyl sites for hydroxylation is 3. The van der Waals surface area contributed by atoms with Crippen LogP contribution < -0.4 is 5.63 Å². The van der Waals surface area contributed by atoms with Crippen molar-refractivity contribution in [2.45, 2.75) is 25.7 Å². The fraction of sp³-hybridized carbons (Fsp3) is 0.438. The number of nitrogens with zero attached hydrogens (tertiary/aromatic N) is 1. The summed E-state index contributed by atoms with van der Waals surface area (Å²) < 4.78 is 38.1. The molecule has 1 saturated heterocycles. The molecule has 3 rings (SSSR count). The van der Waals surface area contributed by atoms with E-state index in [1.165, 1.54) is 10.4 Å². The number of benzene rings is 1. The maximum Gasteiger partial charge on any atom is 0.336 e. The summed E-state index contributed by atoms with van der Waals surface area (Å²) in [6.07, 6.45) is 0. The molecule has 1 aromatic heterocycles. The molecule has 2 heterocycles. The van der Waals surface area contributed by atoms with Crippen molar-refractivity contribution in [2.24, 2.45) is 0 Å². The van der Waals surface area contributed by atoms with Crippen molar-refractivity contribution in [3.63, 3.8) is 0 Å². The van der Waals surface area contributed by atoms with Gasteiger partial charge in [-0.25, -0.2) is 13.2 Å². The number of sulfonamides is 1. The summed E-state index contributed by atoms with van der Waals surface area (Å²) >= 11 is 0. The number of rotatable bonds is 2.